The first-order valence-corrected chi connectivity index (χ1v) is 8.26. The topological polar surface area (TPSA) is 95.1 Å². The van der Waals surface area contributed by atoms with Gasteiger partial charge in [-0.15, -0.1) is 0 Å². The summed E-state index contributed by atoms with van der Waals surface area (Å²) in [7, 11) is -3.79. The number of sulfonamides is 1. The number of nitrogens with zero attached hydrogens (tertiary/aromatic N) is 1. The van der Waals surface area contributed by atoms with Crippen molar-refractivity contribution in [2.24, 2.45) is 0 Å². The predicted octanol–water partition coefficient (Wildman–Crippen LogP) is 1.68. The van der Waals surface area contributed by atoms with E-state index >= 15 is 0 Å². The van der Waals surface area contributed by atoms with Gasteiger partial charge in [0.2, 0.25) is 0 Å². The Hall–Kier alpha value is -1.77. The fraction of sp³-hybridized carbons (Fsp3) is 0.357. The van der Waals surface area contributed by atoms with Gasteiger partial charge in [0.1, 0.15) is 11.6 Å². The summed E-state index contributed by atoms with van der Waals surface area (Å²) in [5.74, 6) is 0.225. The van der Waals surface area contributed by atoms with E-state index < -0.39 is 21.9 Å². The Balaban J connectivity index is 2.04. The van der Waals surface area contributed by atoms with Crippen LogP contribution in [0.2, 0.25) is 0 Å². The molecule has 2 aromatic rings. The van der Waals surface area contributed by atoms with E-state index in [1.807, 2.05) is 13.8 Å². The molecule has 1 atom stereocenters. The van der Waals surface area contributed by atoms with Crippen molar-refractivity contribution in [3.8, 4) is 0 Å². The van der Waals surface area contributed by atoms with E-state index in [2.05, 4.69) is 14.7 Å². The molecule has 120 valence electrons. The zero-order valence-corrected chi connectivity index (χ0v) is 13.1. The third-order valence-electron chi connectivity index (χ3n) is 3.13. The molecule has 0 spiro atoms. The second kappa shape index (κ2) is 6.55. The monoisotopic (exact) mass is 327 g/mol. The molecule has 0 radical (unpaired) electrons. The molecule has 0 saturated heterocycles. The van der Waals surface area contributed by atoms with Crippen LogP contribution < -0.4 is 4.72 Å². The first-order chi connectivity index (χ1) is 10.3. The number of aromatic nitrogens is 2. The van der Waals surface area contributed by atoms with Crippen molar-refractivity contribution in [3.05, 3.63) is 47.7 Å². The van der Waals surface area contributed by atoms with Crippen LogP contribution in [0.3, 0.4) is 0 Å². The molecule has 0 aliphatic heterocycles. The van der Waals surface area contributed by atoms with Gasteiger partial charge in [-0.05, 0) is 17.7 Å². The van der Waals surface area contributed by atoms with Crippen LogP contribution in [-0.4, -0.2) is 30.0 Å². The molecule has 8 heteroatoms. The van der Waals surface area contributed by atoms with E-state index in [1.54, 1.807) is 0 Å². The zero-order chi connectivity index (χ0) is 16.3. The van der Waals surface area contributed by atoms with Gasteiger partial charge in [-0.3, -0.25) is 0 Å². The SMILES string of the molecule is CC(C)c1ncc(S(=O)(=O)NCC(O)c2ccc(F)cc2)[nH]1. The summed E-state index contributed by atoms with van der Waals surface area (Å²) in [5, 5.41) is 9.89. The molecular formula is C14H18FN3O3S. The third kappa shape index (κ3) is 3.90. The van der Waals surface area contributed by atoms with Crippen molar-refractivity contribution in [1.29, 1.82) is 0 Å². The minimum absolute atomic E-state index is 0.0532. The van der Waals surface area contributed by atoms with Crippen molar-refractivity contribution in [2.75, 3.05) is 6.54 Å². The first-order valence-electron chi connectivity index (χ1n) is 6.77. The summed E-state index contributed by atoms with van der Waals surface area (Å²) >= 11 is 0. The third-order valence-corrected chi connectivity index (χ3v) is 4.46. The molecule has 0 amide bonds. The van der Waals surface area contributed by atoms with Crippen LogP contribution in [0, 0.1) is 5.82 Å². The highest BCUT2D eigenvalue weighted by atomic mass is 32.2. The highest BCUT2D eigenvalue weighted by Gasteiger charge is 2.19. The van der Waals surface area contributed by atoms with Gasteiger partial charge in [0.05, 0.1) is 12.3 Å². The predicted molar refractivity (Wildman–Crippen MR) is 79.2 cm³/mol. The van der Waals surface area contributed by atoms with E-state index in [4.69, 9.17) is 0 Å². The Bertz CT molecular complexity index is 726. The highest BCUT2D eigenvalue weighted by Crippen LogP contribution is 2.15. The van der Waals surface area contributed by atoms with Gasteiger partial charge in [-0.1, -0.05) is 26.0 Å². The van der Waals surface area contributed by atoms with Gasteiger partial charge >= 0.3 is 0 Å². The van der Waals surface area contributed by atoms with E-state index in [1.165, 1.54) is 30.5 Å². The van der Waals surface area contributed by atoms with Gasteiger partial charge in [0.25, 0.3) is 10.0 Å². The standard InChI is InChI=1S/C14H18FN3O3S/c1-9(2)14-16-8-13(18-14)22(20,21)17-7-12(19)10-3-5-11(15)6-4-10/h3-6,8-9,12,17,19H,7H2,1-2H3,(H,16,18). The normalized spacial score (nSPS) is 13.5. The first kappa shape index (κ1) is 16.6. The largest absolute Gasteiger partial charge is 0.387 e. The number of imidazole rings is 1. The molecular weight excluding hydrogens is 309 g/mol. The number of aromatic amines is 1. The average molecular weight is 327 g/mol. The maximum absolute atomic E-state index is 12.8. The molecule has 22 heavy (non-hydrogen) atoms. The Kier molecular flexibility index (Phi) is 4.94. The molecule has 1 aromatic heterocycles. The lowest BCUT2D eigenvalue weighted by Crippen LogP contribution is -2.28. The number of rotatable bonds is 6. The fourth-order valence-electron chi connectivity index (χ4n) is 1.82. The molecule has 0 bridgehead atoms. The summed E-state index contributed by atoms with van der Waals surface area (Å²) in [6, 6.07) is 5.22. The summed E-state index contributed by atoms with van der Waals surface area (Å²) in [4.78, 5) is 6.73. The van der Waals surface area contributed by atoms with Crippen LogP contribution in [0.15, 0.2) is 35.5 Å². The molecule has 0 aliphatic carbocycles. The molecule has 0 fully saturated rings. The van der Waals surface area contributed by atoms with Crippen LogP contribution in [0.4, 0.5) is 4.39 Å². The summed E-state index contributed by atoms with van der Waals surface area (Å²) in [6.45, 7) is 3.56. The second-order valence-electron chi connectivity index (χ2n) is 5.21. The van der Waals surface area contributed by atoms with Gasteiger partial charge in [0.15, 0.2) is 5.03 Å². The lowest BCUT2D eigenvalue weighted by atomic mass is 10.1. The highest BCUT2D eigenvalue weighted by molar-refractivity contribution is 7.89. The van der Waals surface area contributed by atoms with Gasteiger partial charge in [-0.2, -0.15) is 0 Å². The lowest BCUT2D eigenvalue weighted by molar-refractivity contribution is 0.182. The average Bonchev–Trinajstić information content (AvgIpc) is 2.96. The summed E-state index contributed by atoms with van der Waals surface area (Å²) in [6.07, 6.45) is 0.171. The molecule has 3 N–H and O–H groups in total. The lowest BCUT2D eigenvalue weighted by Gasteiger charge is -2.12. The maximum Gasteiger partial charge on any atom is 0.257 e. The smallest absolute Gasteiger partial charge is 0.257 e. The maximum atomic E-state index is 12.8. The fourth-order valence-corrected chi connectivity index (χ4v) is 2.78. The molecule has 0 aliphatic rings. The number of hydrogen-bond acceptors (Lipinski definition) is 4. The van der Waals surface area contributed by atoms with E-state index in [9.17, 15) is 17.9 Å². The Morgan fingerprint density at radius 3 is 2.50 bits per heavy atom. The van der Waals surface area contributed by atoms with E-state index in [0.717, 1.165) is 0 Å². The summed E-state index contributed by atoms with van der Waals surface area (Å²) < 4.78 is 39.3. The quantitative estimate of drug-likeness (QED) is 0.752. The number of nitrogens with one attached hydrogen (secondary N) is 2. The number of H-pyrrole nitrogens is 1. The number of aliphatic hydroxyl groups excluding tert-OH is 1. The van der Waals surface area contributed by atoms with Crippen LogP contribution in [-0.2, 0) is 10.0 Å². The van der Waals surface area contributed by atoms with Crippen LogP contribution in [0.1, 0.15) is 37.3 Å². The molecule has 1 aromatic carbocycles. The minimum atomic E-state index is -3.79. The van der Waals surface area contributed by atoms with Gasteiger partial charge < -0.3 is 10.1 Å². The van der Waals surface area contributed by atoms with Crippen LogP contribution in [0.25, 0.3) is 0 Å². The number of hydrogen-bond donors (Lipinski definition) is 3. The molecule has 6 nitrogen and oxygen atoms in total. The number of halogens is 1. The second-order valence-corrected chi connectivity index (χ2v) is 6.94. The molecule has 2 rings (SSSR count). The molecule has 1 unspecified atom stereocenters. The van der Waals surface area contributed by atoms with Crippen LogP contribution in [0.5, 0.6) is 0 Å². The molecule has 0 saturated carbocycles. The Morgan fingerprint density at radius 2 is 1.95 bits per heavy atom. The van der Waals surface area contributed by atoms with Crippen LogP contribution >= 0.6 is 0 Å². The minimum Gasteiger partial charge on any atom is -0.387 e. The molecule has 1 heterocycles. The van der Waals surface area contributed by atoms with Crippen molar-refractivity contribution in [2.45, 2.75) is 30.9 Å². The van der Waals surface area contributed by atoms with Crippen molar-refractivity contribution in [3.63, 3.8) is 0 Å². The van der Waals surface area contributed by atoms with Gasteiger partial charge in [0, 0.05) is 12.5 Å². The van der Waals surface area contributed by atoms with Crippen molar-refractivity contribution >= 4 is 10.0 Å². The van der Waals surface area contributed by atoms with E-state index in [0.29, 0.717) is 11.4 Å². The Morgan fingerprint density at radius 1 is 1.32 bits per heavy atom. The number of benzene rings is 1. The Labute approximate surface area is 128 Å². The zero-order valence-electron chi connectivity index (χ0n) is 12.2. The summed E-state index contributed by atoms with van der Waals surface area (Å²) in [5.41, 5.74) is 0.427. The van der Waals surface area contributed by atoms with Gasteiger partial charge in [-0.25, -0.2) is 22.5 Å². The van der Waals surface area contributed by atoms with Crippen molar-refractivity contribution in [1.82, 2.24) is 14.7 Å². The van der Waals surface area contributed by atoms with E-state index in [-0.39, 0.29) is 17.5 Å². The number of aliphatic hydroxyl groups is 1. The van der Waals surface area contributed by atoms with Crippen molar-refractivity contribution < 1.29 is 17.9 Å².